The fourth-order valence-corrected chi connectivity index (χ4v) is 4.12. The van der Waals surface area contributed by atoms with Gasteiger partial charge in [0, 0.05) is 37.5 Å². The Morgan fingerprint density at radius 1 is 1.25 bits per heavy atom. The van der Waals surface area contributed by atoms with Crippen molar-refractivity contribution in [3.8, 4) is 0 Å². The molecule has 6 nitrogen and oxygen atoms in total. The van der Waals surface area contributed by atoms with Crippen LogP contribution >= 0.6 is 27.3 Å². The Morgan fingerprint density at radius 2 is 1.81 bits per heavy atom. The van der Waals surface area contributed by atoms with Gasteiger partial charge in [-0.25, -0.2) is 4.79 Å². The van der Waals surface area contributed by atoms with E-state index in [0.717, 1.165) is 10.0 Å². The first-order chi connectivity index (χ1) is 14.7. The van der Waals surface area contributed by atoms with Crippen molar-refractivity contribution >= 4 is 33.4 Å². The summed E-state index contributed by atoms with van der Waals surface area (Å²) in [5, 5.41) is 12.6. The van der Waals surface area contributed by atoms with Crippen LogP contribution in [0.4, 0.5) is 16.5 Å². The molecule has 1 amide bonds. The maximum atomic E-state index is 12.2. The molecule has 1 aliphatic carbocycles. The Kier molecular flexibility index (Phi) is 11.3. The first-order valence-corrected chi connectivity index (χ1v) is 12.4. The van der Waals surface area contributed by atoms with Crippen LogP contribution in [-0.4, -0.2) is 54.0 Å². The highest BCUT2D eigenvalue weighted by molar-refractivity contribution is 9.10. The standard InChI is InChI=1S/C15H20BrNO3.C6H14F3NOS/c1-14(2,3)20-13(19)17-15(8-12(18)9-15)10-4-6-11(16)7-5-10;1-3-4-10(5-6-11-2)12(7,8)9/h4-7,12,18H,8-9H2,1-3H3,(H,17,19);3-6H2,1-2H3. The number of benzene rings is 1. The number of nitrogens with one attached hydrogen (secondary N) is 1. The van der Waals surface area contributed by atoms with E-state index in [9.17, 15) is 21.6 Å². The Labute approximate surface area is 199 Å². The van der Waals surface area contributed by atoms with Crippen LogP contribution in [0.5, 0.6) is 0 Å². The van der Waals surface area contributed by atoms with Gasteiger partial charge in [0.05, 0.1) is 18.2 Å². The highest BCUT2D eigenvalue weighted by Gasteiger charge is 2.46. The zero-order valence-corrected chi connectivity index (χ0v) is 21.6. The molecule has 0 radical (unpaired) electrons. The number of ether oxygens (including phenoxy) is 2. The molecule has 0 aromatic heterocycles. The van der Waals surface area contributed by atoms with Gasteiger partial charge in [-0.3, -0.25) is 0 Å². The van der Waals surface area contributed by atoms with E-state index in [1.165, 1.54) is 7.11 Å². The molecule has 1 fully saturated rings. The highest BCUT2D eigenvalue weighted by Crippen LogP contribution is 2.56. The summed E-state index contributed by atoms with van der Waals surface area (Å²) in [6, 6.07) is 7.76. The number of hydrogen-bond acceptors (Lipinski definition) is 5. The SMILES string of the molecule is CC(C)(C)OC(=O)NC1(c2ccc(Br)cc2)CC(O)C1.CCCN(CCOC)S(F)(F)F. The molecule has 1 saturated carbocycles. The average molecular weight is 547 g/mol. The third-order valence-electron chi connectivity index (χ3n) is 4.62. The van der Waals surface area contributed by atoms with E-state index < -0.39 is 28.6 Å². The first-order valence-electron chi connectivity index (χ1n) is 10.3. The molecule has 0 bridgehead atoms. The lowest BCUT2D eigenvalue weighted by atomic mass is 9.70. The number of hydrogen-bond donors (Lipinski definition) is 2. The van der Waals surface area contributed by atoms with E-state index in [4.69, 9.17) is 4.74 Å². The Morgan fingerprint density at radius 3 is 2.22 bits per heavy atom. The van der Waals surface area contributed by atoms with Crippen molar-refractivity contribution in [1.29, 1.82) is 0 Å². The monoisotopic (exact) mass is 546 g/mol. The molecule has 1 aliphatic rings. The summed E-state index contributed by atoms with van der Waals surface area (Å²) in [6.07, 6.45) is 0.693. The molecule has 0 unspecified atom stereocenters. The van der Waals surface area contributed by atoms with E-state index in [1.54, 1.807) is 6.92 Å². The van der Waals surface area contributed by atoms with Crippen LogP contribution in [0.1, 0.15) is 52.5 Å². The molecular weight excluding hydrogens is 513 g/mol. The molecule has 186 valence electrons. The summed E-state index contributed by atoms with van der Waals surface area (Å²) in [5.41, 5.74) is -0.0765. The van der Waals surface area contributed by atoms with Gasteiger partial charge in [-0.1, -0.05) is 35.0 Å². The molecule has 0 spiro atoms. The summed E-state index contributed by atoms with van der Waals surface area (Å²) in [4.78, 5) is 12.0. The third-order valence-corrected chi connectivity index (χ3v) is 6.10. The summed E-state index contributed by atoms with van der Waals surface area (Å²) in [6.45, 7) is 7.36. The highest BCUT2D eigenvalue weighted by atomic mass is 79.9. The van der Waals surface area contributed by atoms with Gasteiger partial charge in [-0.2, -0.15) is 4.31 Å². The van der Waals surface area contributed by atoms with Gasteiger partial charge in [0.15, 0.2) is 0 Å². The molecule has 2 rings (SSSR count). The predicted molar refractivity (Wildman–Crippen MR) is 125 cm³/mol. The smallest absolute Gasteiger partial charge is 0.408 e. The second-order valence-corrected chi connectivity index (χ2v) is 10.8. The molecule has 0 atom stereocenters. The van der Waals surface area contributed by atoms with Gasteiger partial charge < -0.3 is 19.9 Å². The van der Waals surface area contributed by atoms with E-state index in [2.05, 4.69) is 26.0 Å². The minimum Gasteiger partial charge on any atom is -0.444 e. The van der Waals surface area contributed by atoms with E-state index >= 15 is 0 Å². The number of halogens is 4. The van der Waals surface area contributed by atoms with Gasteiger partial charge >= 0.3 is 6.09 Å². The number of nitrogens with zero attached hydrogens (tertiary/aromatic N) is 1. The molecule has 1 aromatic rings. The number of carbonyl (C=O) groups excluding carboxylic acids is 1. The number of alkyl carbamates (subject to hydrolysis) is 1. The number of carbonyl (C=O) groups is 1. The molecule has 2 N–H and O–H groups in total. The fraction of sp³-hybridized carbons (Fsp3) is 0.667. The zero-order chi connectivity index (χ0) is 24.6. The van der Waals surface area contributed by atoms with E-state index in [-0.39, 0.29) is 25.8 Å². The minimum absolute atomic E-state index is 0.0524. The second-order valence-electron chi connectivity index (χ2n) is 8.58. The summed E-state index contributed by atoms with van der Waals surface area (Å²) in [7, 11) is 1.40. The third kappa shape index (κ3) is 9.86. The molecule has 11 heteroatoms. The first kappa shape index (κ1) is 29.0. The lowest BCUT2D eigenvalue weighted by molar-refractivity contribution is -0.0125. The van der Waals surface area contributed by atoms with Gasteiger partial charge in [-0.05, 0) is 44.9 Å². The predicted octanol–water partition coefficient (Wildman–Crippen LogP) is 6.04. The lowest BCUT2D eigenvalue weighted by Gasteiger charge is -2.46. The maximum Gasteiger partial charge on any atom is 0.408 e. The van der Waals surface area contributed by atoms with Crippen molar-refractivity contribution in [2.75, 3.05) is 26.8 Å². The minimum atomic E-state index is -5.05. The number of rotatable bonds is 8. The topological polar surface area (TPSA) is 71.0 Å². The van der Waals surface area contributed by atoms with Crippen molar-refractivity contribution in [3.05, 3.63) is 34.3 Å². The van der Waals surface area contributed by atoms with Crippen molar-refractivity contribution in [2.45, 2.75) is 64.2 Å². The zero-order valence-electron chi connectivity index (χ0n) is 19.2. The quantitative estimate of drug-likeness (QED) is 0.415. The Balaban J connectivity index is 0.000000368. The van der Waals surface area contributed by atoms with Crippen LogP contribution in [0.25, 0.3) is 0 Å². The van der Waals surface area contributed by atoms with Gasteiger partial charge in [-0.15, -0.1) is 11.7 Å². The van der Waals surface area contributed by atoms with Crippen LogP contribution in [0, 0.1) is 0 Å². The summed E-state index contributed by atoms with van der Waals surface area (Å²) >= 11 is -1.65. The fourth-order valence-electron chi connectivity index (χ4n) is 3.18. The molecular formula is C21H34BrF3N2O4S. The Hall–Kier alpha value is -1.01. The number of amides is 1. The van der Waals surface area contributed by atoms with Crippen molar-refractivity contribution in [2.24, 2.45) is 0 Å². The largest absolute Gasteiger partial charge is 0.444 e. The Bertz CT molecular complexity index is 708. The molecule has 32 heavy (non-hydrogen) atoms. The molecule has 0 aliphatic heterocycles. The molecule has 0 saturated heterocycles. The van der Waals surface area contributed by atoms with Crippen LogP contribution < -0.4 is 5.32 Å². The summed E-state index contributed by atoms with van der Waals surface area (Å²) in [5.74, 6) is 0. The normalized spacial score (nSPS) is 21.3. The van der Waals surface area contributed by atoms with Crippen molar-refractivity contribution in [3.63, 3.8) is 0 Å². The van der Waals surface area contributed by atoms with Gasteiger partial charge in [0.25, 0.3) is 11.4 Å². The number of methoxy groups -OCH3 is 1. The lowest BCUT2D eigenvalue weighted by Crippen LogP contribution is -2.57. The maximum absolute atomic E-state index is 12.2. The molecule has 1 aromatic carbocycles. The van der Waals surface area contributed by atoms with Gasteiger partial charge in [0.1, 0.15) is 5.60 Å². The average Bonchev–Trinajstić information content (AvgIpc) is 2.62. The van der Waals surface area contributed by atoms with Crippen LogP contribution in [0.2, 0.25) is 0 Å². The summed E-state index contributed by atoms with van der Waals surface area (Å²) < 4.78 is 48.0. The van der Waals surface area contributed by atoms with E-state index in [1.807, 2.05) is 45.0 Å². The second kappa shape index (κ2) is 12.5. The van der Waals surface area contributed by atoms with Crippen molar-refractivity contribution in [1.82, 2.24) is 9.62 Å². The van der Waals surface area contributed by atoms with E-state index in [0.29, 0.717) is 23.6 Å². The number of aliphatic hydroxyl groups excluding tert-OH is 1. The van der Waals surface area contributed by atoms with Gasteiger partial charge in [0.2, 0.25) is 0 Å². The van der Waals surface area contributed by atoms with Crippen LogP contribution in [0.3, 0.4) is 0 Å². The van der Waals surface area contributed by atoms with Crippen LogP contribution in [0.15, 0.2) is 28.7 Å². The van der Waals surface area contributed by atoms with Crippen LogP contribution in [-0.2, 0) is 15.0 Å². The molecule has 0 heterocycles. The van der Waals surface area contributed by atoms with Crippen molar-refractivity contribution < 1.29 is 31.0 Å². The number of aliphatic hydroxyl groups is 1.